The molecule has 1 aliphatic heterocycles. The van der Waals surface area contributed by atoms with Crippen molar-refractivity contribution in [1.29, 1.82) is 0 Å². The zero-order valence-corrected chi connectivity index (χ0v) is 10.3. The smallest absolute Gasteiger partial charge is 0.354 e. The molecule has 1 saturated heterocycles. The topological polar surface area (TPSA) is 53.4 Å². The number of hydrogen-bond acceptors (Lipinski definition) is 3. The van der Waals surface area contributed by atoms with Crippen LogP contribution in [0, 0.1) is 5.92 Å². The van der Waals surface area contributed by atoms with Crippen LogP contribution in [0.25, 0.3) is 0 Å². The van der Waals surface area contributed by atoms with Crippen molar-refractivity contribution in [3.63, 3.8) is 0 Å². The lowest BCUT2D eigenvalue weighted by Crippen LogP contribution is -2.42. The fourth-order valence-electron chi connectivity index (χ4n) is 2.38. The number of anilines is 1. The number of piperidine rings is 1. The lowest BCUT2D eigenvalue weighted by Gasteiger charge is -2.39. The molecular weight excluding hydrogens is 216 g/mol. The molecular formula is C13H18N2O2. The molecule has 0 amide bonds. The molecule has 0 saturated carbocycles. The Morgan fingerprint density at radius 2 is 2.24 bits per heavy atom. The summed E-state index contributed by atoms with van der Waals surface area (Å²) in [6.45, 7) is 5.50. The van der Waals surface area contributed by atoms with E-state index in [1.165, 1.54) is 12.8 Å². The van der Waals surface area contributed by atoms with E-state index in [9.17, 15) is 4.79 Å². The minimum absolute atomic E-state index is 0.103. The first-order valence-corrected chi connectivity index (χ1v) is 6.05. The maximum atomic E-state index is 10.7. The maximum Gasteiger partial charge on any atom is 0.354 e. The average molecular weight is 234 g/mol. The maximum absolute atomic E-state index is 10.7. The number of rotatable bonds is 2. The van der Waals surface area contributed by atoms with E-state index in [2.05, 4.69) is 23.7 Å². The van der Waals surface area contributed by atoms with E-state index in [1.807, 2.05) is 6.07 Å². The Balaban J connectivity index is 2.19. The highest BCUT2D eigenvalue weighted by atomic mass is 16.4. The van der Waals surface area contributed by atoms with Gasteiger partial charge in [0.2, 0.25) is 0 Å². The lowest BCUT2D eigenvalue weighted by atomic mass is 9.92. The van der Waals surface area contributed by atoms with Gasteiger partial charge in [-0.25, -0.2) is 9.78 Å². The second kappa shape index (κ2) is 4.73. The van der Waals surface area contributed by atoms with Gasteiger partial charge in [-0.15, -0.1) is 0 Å². The number of pyridine rings is 1. The van der Waals surface area contributed by atoms with E-state index in [1.54, 1.807) is 12.3 Å². The summed E-state index contributed by atoms with van der Waals surface area (Å²) in [5.41, 5.74) is 1.13. The van der Waals surface area contributed by atoms with Gasteiger partial charge >= 0.3 is 5.97 Å². The molecule has 92 valence electrons. The van der Waals surface area contributed by atoms with Crippen LogP contribution >= 0.6 is 0 Å². The number of carboxylic acids is 1. The normalized spacial score (nSPS) is 24.7. The summed E-state index contributed by atoms with van der Waals surface area (Å²) in [4.78, 5) is 17.0. The Hall–Kier alpha value is -1.58. The molecule has 0 bridgehead atoms. The van der Waals surface area contributed by atoms with Crippen molar-refractivity contribution >= 4 is 11.7 Å². The average Bonchev–Trinajstić information content (AvgIpc) is 2.33. The molecule has 0 spiro atoms. The van der Waals surface area contributed by atoms with Crippen molar-refractivity contribution in [3.8, 4) is 0 Å². The van der Waals surface area contributed by atoms with Crippen molar-refractivity contribution in [1.82, 2.24) is 4.98 Å². The van der Waals surface area contributed by atoms with Gasteiger partial charge in [-0.1, -0.05) is 6.92 Å². The van der Waals surface area contributed by atoms with Crippen molar-refractivity contribution in [2.75, 3.05) is 11.4 Å². The number of carbonyl (C=O) groups is 1. The predicted octanol–water partition coefficient (Wildman–Crippen LogP) is 2.40. The Bertz CT molecular complexity index is 402. The van der Waals surface area contributed by atoms with E-state index in [-0.39, 0.29) is 5.69 Å². The van der Waals surface area contributed by atoms with Gasteiger partial charge in [0.1, 0.15) is 5.69 Å². The van der Waals surface area contributed by atoms with Gasteiger partial charge in [0, 0.05) is 12.6 Å². The highest BCUT2D eigenvalue weighted by Crippen LogP contribution is 2.27. The van der Waals surface area contributed by atoms with Gasteiger partial charge in [-0.05, 0) is 37.8 Å². The largest absolute Gasteiger partial charge is 0.477 e. The summed E-state index contributed by atoms with van der Waals surface area (Å²) in [7, 11) is 0. The molecule has 4 nitrogen and oxygen atoms in total. The summed E-state index contributed by atoms with van der Waals surface area (Å²) in [6, 6.07) is 3.91. The third-order valence-electron chi connectivity index (χ3n) is 3.67. The molecule has 4 heteroatoms. The highest BCUT2D eigenvalue weighted by molar-refractivity contribution is 5.85. The van der Waals surface area contributed by atoms with Crippen LogP contribution in [0.15, 0.2) is 18.3 Å². The molecule has 2 heterocycles. The van der Waals surface area contributed by atoms with Gasteiger partial charge in [0.15, 0.2) is 0 Å². The van der Waals surface area contributed by atoms with Crippen LogP contribution in [0.1, 0.15) is 37.2 Å². The van der Waals surface area contributed by atoms with Crippen molar-refractivity contribution in [3.05, 3.63) is 24.0 Å². The Kier molecular flexibility index (Phi) is 3.31. The summed E-state index contributed by atoms with van der Waals surface area (Å²) < 4.78 is 0. The molecule has 0 radical (unpaired) electrons. The number of aromatic nitrogens is 1. The van der Waals surface area contributed by atoms with Crippen LogP contribution in [-0.4, -0.2) is 28.6 Å². The van der Waals surface area contributed by atoms with Gasteiger partial charge in [0.05, 0.1) is 11.9 Å². The second-order valence-corrected chi connectivity index (χ2v) is 4.76. The van der Waals surface area contributed by atoms with Crippen molar-refractivity contribution < 1.29 is 9.90 Å². The monoisotopic (exact) mass is 234 g/mol. The molecule has 1 aromatic rings. The van der Waals surface area contributed by atoms with Crippen molar-refractivity contribution in [2.24, 2.45) is 5.92 Å². The number of aromatic carboxylic acids is 1. The van der Waals surface area contributed by atoms with E-state index >= 15 is 0 Å². The third kappa shape index (κ3) is 2.40. The van der Waals surface area contributed by atoms with Crippen LogP contribution in [0.4, 0.5) is 5.69 Å². The molecule has 2 atom stereocenters. The van der Waals surface area contributed by atoms with E-state index in [0.29, 0.717) is 12.0 Å². The molecule has 17 heavy (non-hydrogen) atoms. The van der Waals surface area contributed by atoms with Crippen LogP contribution in [0.3, 0.4) is 0 Å². The van der Waals surface area contributed by atoms with Crippen LogP contribution in [0.5, 0.6) is 0 Å². The van der Waals surface area contributed by atoms with E-state index < -0.39 is 5.97 Å². The molecule has 2 unspecified atom stereocenters. The van der Waals surface area contributed by atoms with E-state index in [0.717, 1.165) is 12.2 Å². The zero-order chi connectivity index (χ0) is 12.4. The van der Waals surface area contributed by atoms with Crippen molar-refractivity contribution in [2.45, 2.75) is 32.7 Å². The first-order valence-electron chi connectivity index (χ1n) is 6.05. The first-order chi connectivity index (χ1) is 8.09. The molecule has 0 aromatic carbocycles. The molecule has 0 aliphatic carbocycles. The van der Waals surface area contributed by atoms with Crippen LogP contribution in [0.2, 0.25) is 0 Å². The Labute approximate surface area is 101 Å². The highest BCUT2D eigenvalue weighted by Gasteiger charge is 2.25. The summed E-state index contributed by atoms with van der Waals surface area (Å²) in [6.07, 6.45) is 4.11. The second-order valence-electron chi connectivity index (χ2n) is 4.76. The minimum Gasteiger partial charge on any atom is -0.477 e. The molecule has 1 N–H and O–H groups in total. The third-order valence-corrected chi connectivity index (χ3v) is 3.67. The number of hydrogen-bond donors (Lipinski definition) is 1. The quantitative estimate of drug-likeness (QED) is 0.853. The zero-order valence-electron chi connectivity index (χ0n) is 10.3. The number of nitrogens with zero attached hydrogens (tertiary/aromatic N) is 2. The van der Waals surface area contributed by atoms with Gasteiger partial charge in [-0.2, -0.15) is 0 Å². The molecule has 1 aromatic heterocycles. The molecule has 1 aliphatic rings. The van der Waals surface area contributed by atoms with Crippen LogP contribution in [-0.2, 0) is 0 Å². The standard InChI is InChI=1S/C13H18N2O2/c1-9-4-3-7-15(10(9)2)11-5-6-12(13(16)17)14-8-11/h5-6,8-10H,3-4,7H2,1-2H3,(H,16,17). The van der Waals surface area contributed by atoms with Gasteiger partial charge in [-0.3, -0.25) is 0 Å². The number of carboxylic acid groups (broad SMARTS) is 1. The molecule has 2 rings (SSSR count). The predicted molar refractivity (Wildman–Crippen MR) is 66.4 cm³/mol. The first kappa shape index (κ1) is 11.9. The Morgan fingerprint density at radius 3 is 2.82 bits per heavy atom. The van der Waals surface area contributed by atoms with Gasteiger partial charge < -0.3 is 10.0 Å². The SMILES string of the molecule is CC1CCCN(c2ccc(C(=O)O)nc2)C1C. The van der Waals surface area contributed by atoms with Crippen LogP contribution < -0.4 is 4.90 Å². The molecule has 1 fully saturated rings. The fourth-order valence-corrected chi connectivity index (χ4v) is 2.38. The fraction of sp³-hybridized carbons (Fsp3) is 0.538. The minimum atomic E-state index is -0.975. The van der Waals surface area contributed by atoms with E-state index in [4.69, 9.17) is 5.11 Å². The summed E-state index contributed by atoms with van der Waals surface area (Å²) in [5, 5.41) is 8.80. The lowest BCUT2D eigenvalue weighted by molar-refractivity contribution is 0.0690. The summed E-state index contributed by atoms with van der Waals surface area (Å²) in [5.74, 6) is -0.306. The Morgan fingerprint density at radius 1 is 1.47 bits per heavy atom. The van der Waals surface area contributed by atoms with Gasteiger partial charge in [0.25, 0.3) is 0 Å². The summed E-state index contributed by atoms with van der Waals surface area (Å²) >= 11 is 0.